The first-order valence-electron chi connectivity index (χ1n) is 10.6. The molecule has 0 spiro atoms. The van der Waals surface area contributed by atoms with Crippen LogP contribution in [0.25, 0.3) is 0 Å². The maximum absolute atomic E-state index is 13.4. The number of rotatable bonds is 5. The van der Waals surface area contributed by atoms with Crippen molar-refractivity contribution in [2.45, 2.75) is 54.9 Å². The molecule has 1 aliphatic carbocycles. The van der Waals surface area contributed by atoms with E-state index in [0.29, 0.717) is 12.8 Å². The summed E-state index contributed by atoms with van der Waals surface area (Å²) in [6.45, 7) is 0.242. The van der Waals surface area contributed by atoms with E-state index in [1.807, 2.05) is 0 Å². The van der Waals surface area contributed by atoms with Crippen molar-refractivity contribution in [2.24, 2.45) is 13.0 Å². The molecule has 1 saturated carbocycles. The summed E-state index contributed by atoms with van der Waals surface area (Å²) >= 11 is 0. The molecule has 11 heteroatoms. The van der Waals surface area contributed by atoms with Crippen molar-refractivity contribution in [2.75, 3.05) is 13.1 Å². The zero-order valence-corrected chi connectivity index (χ0v) is 18.4. The van der Waals surface area contributed by atoms with E-state index in [-0.39, 0.29) is 42.9 Å². The zero-order chi connectivity index (χ0) is 23.1. The third-order valence-electron chi connectivity index (χ3n) is 6.46. The third-order valence-corrected chi connectivity index (χ3v) is 8.17. The number of aryl methyl sites for hydroxylation is 1. The van der Waals surface area contributed by atoms with Gasteiger partial charge in [0, 0.05) is 44.3 Å². The van der Waals surface area contributed by atoms with Gasteiger partial charge in [0.05, 0.1) is 12.2 Å². The minimum Gasteiger partial charge on any atom is -0.339 e. The van der Waals surface area contributed by atoms with Crippen LogP contribution >= 0.6 is 0 Å². The van der Waals surface area contributed by atoms with Gasteiger partial charge < -0.3 is 9.88 Å². The normalized spacial score (nSPS) is 27.7. The lowest BCUT2D eigenvalue weighted by Crippen LogP contribution is -2.46. The summed E-state index contributed by atoms with van der Waals surface area (Å²) in [5, 5.41) is 3.24. The average Bonchev–Trinajstić information content (AvgIpc) is 3.36. The Kier molecular flexibility index (Phi) is 6.34. The van der Waals surface area contributed by atoms with E-state index in [0.717, 1.165) is 5.56 Å². The highest BCUT2D eigenvalue weighted by Crippen LogP contribution is 2.39. The molecule has 1 aliphatic heterocycles. The summed E-state index contributed by atoms with van der Waals surface area (Å²) in [5.74, 6) is -2.08. The van der Waals surface area contributed by atoms with Crippen molar-refractivity contribution in [1.82, 2.24) is 19.2 Å². The number of hydrogen-bond acceptors (Lipinski definition) is 4. The lowest BCUT2D eigenvalue weighted by atomic mass is 9.84. The van der Waals surface area contributed by atoms with Crippen molar-refractivity contribution in [1.29, 1.82) is 0 Å². The van der Waals surface area contributed by atoms with Crippen molar-refractivity contribution in [3.63, 3.8) is 0 Å². The van der Waals surface area contributed by atoms with Gasteiger partial charge in [0.15, 0.2) is 5.03 Å². The highest BCUT2D eigenvalue weighted by atomic mass is 32.2. The SMILES string of the molecule is Cn1cnc(S(=O)(=O)N2C[C@H](NC3CCCC(C(F)(F)F)C3)[C@@H](c3ccc(F)cc3)C2)c1. The van der Waals surface area contributed by atoms with Crippen LogP contribution in [-0.2, 0) is 17.1 Å². The topological polar surface area (TPSA) is 67.2 Å². The molecular formula is C21H26F4N4O2S. The summed E-state index contributed by atoms with van der Waals surface area (Å²) in [6.07, 6.45) is -0.261. The molecule has 2 heterocycles. The first-order valence-corrected chi connectivity index (χ1v) is 12.0. The van der Waals surface area contributed by atoms with Gasteiger partial charge in [-0.1, -0.05) is 18.6 Å². The predicted molar refractivity (Wildman–Crippen MR) is 110 cm³/mol. The predicted octanol–water partition coefficient (Wildman–Crippen LogP) is 3.43. The molecule has 1 aromatic heterocycles. The molecule has 1 saturated heterocycles. The summed E-state index contributed by atoms with van der Waals surface area (Å²) in [5.41, 5.74) is 0.741. The van der Waals surface area contributed by atoms with E-state index >= 15 is 0 Å². The largest absolute Gasteiger partial charge is 0.391 e. The van der Waals surface area contributed by atoms with Crippen LogP contribution in [-0.4, -0.2) is 53.6 Å². The molecule has 1 aromatic carbocycles. The van der Waals surface area contributed by atoms with Crippen molar-refractivity contribution in [3.8, 4) is 0 Å². The highest BCUT2D eigenvalue weighted by Gasteiger charge is 2.45. The van der Waals surface area contributed by atoms with Crippen LogP contribution in [0.2, 0.25) is 0 Å². The summed E-state index contributed by atoms with van der Waals surface area (Å²) in [6, 6.07) is 5.07. The second kappa shape index (κ2) is 8.75. The number of alkyl halides is 3. The lowest BCUT2D eigenvalue weighted by Gasteiger charge is -2.34. The van der Waals surface area contributed by atoms with Crippen LogP contribution in [0.1, 0.15) is 37.2 Å². The molecule has 1 N–H and O–H groups in total. The molecule has 0 radical (unpaired) electrons. The van der Waals surface area contributed by atoms with Gasteiger partial charge >= 0.3 is 6.18 Å². The number of aromatic nitrogens is 2. The van der Waals surface area contributed by atoms with Crippen LogP contribution in [0.5, 0.6) is 0 Å². The summed E-state index contributed by atoms with van der Waals surface area (Å²) < 4.78 is 82.3. The minimum atomic E-state index is -4.24. The smallest absolute Gasteiger partial charge is 0.339 e. The molecule has 0 amide bonds. The number of nitrogens with one attached hydrogen (secondary N) is 1. The second-order valence-corrected chi connectivity index (χ2v) is 10.6. The van der Waals surface area contributed by atoms with Gasteiger partial charge in [0.1, 0.15) is 5.82 Å². The van der Waals surface area contributed by atoms with E-state index in [9.17, 15) is 26.0 Å². The number of sulfonamides is 1. The minimum absolute atomic E-state index is 0.0247. The second-order valence-electron chi connectivity index (χ2n) is 8.73. The molecule has 32 heavy (non-hydrogen) atoms. The van der Waals surface area contributed by atoms with Crippen LogP contribution in [0.15, 0.2) is 41.8 Å². The van der Waals surface area contributed by atoms with Gasteiger partial charge in [0.25, 0.3) is 10.0 Å². The van der Waals surface area contributed by atoms with Gasteiger partial charge in [-0.05, 0) is 37.0 Å². The molecule has 6 nitrogen and oxygen atoms in total. The Morgan fingerprint density at radius 2 is 1.84 bits per heavy atom. The lowest BCUT2D eigenvalue weighted by molar-refractivity contribution is -0.183. The van der Waals surface area contributed by atoms with Gasteiger partial charge in [-0.25, -0.2) is 17.8 Å². The van der Waals surface area contributed by atoms with Gasteiger partial charge in [-0.2, -0.15) is 17.5 Å². The quantitative estimate of drug-likeness (QED) is 0.675. The number of halogens is 4. The van der Waals surface area contributed by atoms with Crippen LogP contribution in [0.4, 0.5) is 17.6 Å². The average molecular weight is 475 g/mol. The van der Waals surface area contributed by atoms with Crippen molar-refractivity contribution >= 4 is 10.0 Å². The van der Waals surface area contributed by atoms with Crippen LogP contribution in [0, 0.1) is 11.7 Å². The standard InChI is InChI=1S/C21H26F4N4O2S/c1-28-12-20(26-13-28)32(30,31)29-10-18(14-5-7-16(22)8-6-14)19(11-29)27-17-4-2-3-15(9-17)21(23,24)25/h5-8,12-13,15,17-19,27H,2-4,9-11H2,1H3/t15?,17?,18-,19+/m1/s1. The Hall–Kier alpha value is -1.98. The van der Waals surface area contributed by atoms with E-state index in [4.69, 9.17) is 0 Å². The molecule has 2 fully saturated rings. The summed E-state index contributed by atoms with van der Waals surface area (Å²) in [7, 11) is -2.20. The zero-order valence-electron chi connectivity index (χ0n) is 17.6. The monoisotopic (exact) mass is 474 g/mol. The Morgan fingerprint density at radius 3 is 2.47 bits per heavy atom. The van der Waals surface area contributed by atoms with Crippen LogP contribution < -0.4 is 5.32 Å². The van der Waals surface area contributed by atoms with E-state index in [1.54, 1.807) is 19.2 Å². The Balaban J connectivity index is 1.57. The maximum Gasteiger partial charge on any atom is 0.391 e. The third kappa shape index (κ3) is 4.84. The summed E-state index contributed by atoms with van der Waals surface area (Å²) in [4.78, 5) is 3.96. The molecule has 4 atom stereocenters. The van der Waals surface area contributed by atoms with E-state index < -0.39 is 34.0 Å². The Bertz CT molecular complexity index is 1040. The first-order chi connectivity index (χ1) is 15.0. The van der Waals surface area contributed by atoms with E-state index in [1.165, 1.54) is 33.5 Å². The molecule has 4 rings (SSSR count). The molecule has 176 valence electrons. The number of imidazole rings is 1. The van der Waals surface area contributed by atoms with Crippen LogP contribution in [0.3, 0.4) is 0 Å². The highest BCUT2D eigenvalue weighted by molar-refractivity contribution is 7.89. The maximum atomic E-state index is 13.4. The fourth-order valence-corrected chi connectivity index (χ4v) is 6.23. The molecule has 2 unspecified atom stereocenters. The first kappa shape index (κ1) is 23.2. The number of hydrogen-bond donors (Lipinski definition) is 1. The molecular weight excluding hydrogens is 448 g/mol. The van der Waals surface area contributed by atoms with Gasteiger partial charge in [-0.3, -0.25) is 0 Å². The Morgan fingerprint density at radius 1 is 1.12 bits per heavy atom. The van der Waals surface area contributed by atoms with Crippen molar-refractivity contribution < 1.29 is 26.0 Å². The van der Waals surface area contributed by atoms with Crippen molar-refractivity contribution in [3.05, 3.63) is 48.2 Å². The fraction of sp³-hybridized carbons (Fsp3) is 0.571. The fourth-order valence-electron chi connectivity index (χ4n) is 4.78. The molecule has 2 aliphatic rings. The Labute approximate surface area is 184 Å². The number of nitrogens with zero attached hydrogens (tertiary/aromatic N) is 3. The molecule has 2 aromatic rings. The molecule has 0 bridgehead atoms. The van der Waals surface area contributed by atoms with Gasteiger partial charge in [0.2, 0.25) is 0 Å². The van der Waals surface area contributed by atoms with E-state index in [2.05, 4.69) is 10.3 Å². The number of benzene rings is 1. The van der Waals surface area contributed by atoms with Gasteiger partial charge in [-0.15, -0.1) is 0 Å².